The molecule has 0 fully saturated rings. The lowest BCUT2D eigenvalue weighted by Gasteiger charge is -2.17. The molecule has 2 N–H and O–H groups in total. The van der Waals surface area contributed by atoms with Gasteiger partial charge in [-0.1, -0.05) is 0 Å². The molecular formula is C14H19N3O. The summed E-state index contributed by atoms with van der Waals surface area (Å²) in [6, 6.07) is 8.09. The first-order valence-corrected chi connectivity index (χ1v) is 6.00. The fraction of sp³-hybridized carbons (Fsp3) is 0.357. The van der Waals surface area contributed by atoms with Gasteiger partial charge >= 0.3 is 0 Å². The number of fused-ring (bicyclic) bond motifs is 1. The molecule has 0 aliphatic heterocycles. The third kappa shape index (κ3) is 2.38. The van der Waals surface area contributed by atoms with E-state index in [4.69, 9.17) is 15.5 Å². The van der Waals surface area contributed by atoms with Crippen molar-refractivity contribution in [2.24, 2.45) is 5.73 Å². The van der Waals surface area contributed by atoms with Gasteiger partial charge in [0.2, 0.25) is 0 Å². The minimum absolute atomic E-state index is 0.629. The Morgan fingerprint density at radius 3 is 2.67 bits per heavy atom. The number of anilines is 1. The highest BCUT2D eigenvalue weighted by Gasteiger charge is 2.08. The van der Waals surface area contributed by atoms with Crippen molar-refractivity contribution in [2.45, 2.75) is 6.42 Å². The standard InChI is InChI=1S/C14H19N3O/c1-17(2)14-11(6-7-15)8-10-4-5-12(18-3)9-13(10)16-14/h4-5,8-9H,6-7,15H2,1-3H3. The molecule has 0 radical (unpaired) electrons. The van der Waals surface area contributed by atoms with Crippen LogP contribution in [0, 0.1) is 0 Å². The van der Waals surface area contributed by atoms with E-state index in [0.29, 0.717) is 6.54 Å². The molecule has 18 heavy (non-hydrogen) atoms. The summed E-state index contributed by atoms with van der Waals surface area (Å²) >= 11 is 0. The quantitative estimate of drug-likeness (QED) is 0.892. The summed E-state index contributed by atoms with van der Waals surface area (Å²) in [6.07, 6.45) is 0.836. The Hall–Kier alpha value is -1.81. The smallest absolute Gasteiger partial charge is 0.132 e. The van der Waals surface area contributed by atoms with Gasteiger partial charge in [-0.15, -0.1) is 0 Å². The lowest BCUT2D eigenvalue weighted by molar-refractivity contribution is 0.415. The summed E-state index contributed by atoms with van der Waals surface area (Å²) in [6.45, 7) is 0.629. The number of rotatable bonds is 4. The molecule has 0 amide bonds. The monoisotopic (exact) mass is 245 g/mol. The van der Waals surface area contributed by atoms with Gasteiger partial charge in [0.05, 0.1) is 12.6 Å². The molecule has 0 saturated heterocycles. The number of ether oxygens (including phenoxy) is 1. The average Bonchev–Trinajstić information content (AvgIpc) is 2.37. The largest absolute Gasteiger partial charge is 0.497 e. The van der Waals surface area contributed by atoms with Crippen LogP contribution in [-0.2, 0) is 6.42 Å². The fourth-order valence-corrected chi connectivity index (χ4v) is 2.03. The van der Waals surface area contributed by atoms with Crippen LogP contribution in [0.4, 0.5) is 5.82 Å². The van der Waals surface area contributed by atoms with Gasteiger partial charge in [0.25, 0.3) is 0 Å². The van der Waals surface area contributed by atoms with Crippen LogP contribution >= 0.6 is 0 Å². The van der Waals surface area contributed by atoms with Crippen LogP contribution in [0.15, 0.2) is 24.3 Å². The van der Waals surface area contributed by atoms with Crippen molar-refractivity contribution >= 4 is 16.7 Å². The average molecular weight is 245 g/mol. The van der Waals surface area contributed by atoms with Crippen LogP contribution < -0.4 is 15.4 Å². The summed E-state index contributed by atoms with van der Waals surface area (Å²) in [5, 5.41) is 1.12. The lowest BCUT2D eigenvalue weighted by Crippen LogP contribution is -2.15. The molecule has 2 aromatic rings. The van der Waals surface area contributed by atoms with Gasteiger partial charge in [0, 0.05) is 25.5 Å². The number of methoxy groups -OCH3 is 1. The van der Waals surface area contributed by atoms with E-state index in [1.807, 2.05) is 37.2 Å². The Bertz CT molecular complexity index is 552. The molecule has 0 spiro atoms. The Morgan fingerprint density at radius 2 is 2.06 bits per heavy atom. The summed E-state index contributed by atoms with van der Waals surface area (Å²) in [7, 11) is 5.65. The molecule has 0 unspecified atom stereocenters. The zero-order valence-electron chi connectivity index (χ0n) is 11.1. The van der Waals surface area contributed by atoms with Crippen LogP contribution in [0.5, 0.6) is 5.75 Å². The molecule has 4 heteroatoms. The van der Waals surface area contributed by atoms with Crippen LogP contribution in [0.25, 0.3) is 10.9 Å². The van der Waals surface area contributed by atoms with Crippen molar-refractivity contribution in [1.82, 2.24) is 4.98 Å². The third-order valence-electron chi connectivity index (χ3n) is 2.92. The van der Waals surface area contributed by atoms with Gasteiger partial charge in [0.15, 0.2) is 0 Å². The molecule has 1 aromatic carbocycles. The van der Waals surface area contributed by atoms with E-state index in [1.54, 1.807) is 7.11 Å². The van der Waals surface area contributed by atoms with E-state index in [2.05, 4.69) is 6.07 Å². The number of pyridine rings is 1. The molecular weight excluding hydrogens is 226 g/mol. The second-order valence-corrected chi connectivity index (χ2v) is 4.46. The number of benzene rings is 1. The van der Waals surface area contributed by atoms with Gasteiger partial charge in [-0.25, -0.2) is 4.98 Å². The second-order valence-electron chi connectivity index (χ2n) is 4.46. The Labute approximate surface area is 107 Å². The minimum Gasteiger partial charge on any atom is -0.497 e. The van der Waals surface area contributed by atoms with Crippen molar-refractivity contribution in [2.75, 3.05) is 32.6 Å². The first-order chi connectivity index (χ1) is 8.65. The maximum atomic E-state index is 5.65. The van der Waals surface area contributed by atoms with Crippen molar-refractivity contribution in [3.63, 3.8) is 0 Å². The molecule has 4 nitrogen and oxygen atoms in total. The van der Waals surface area contributed by atoms with E-state index in [-0.39, 0.29) is 0 Å². The highest BCUT2D eigenvalue weighted by molar-refractivity contribution is 5.83. The molecule has 0 aliphatic rings. The van der Waals surface area contributed by atoms with Crippen molar-refractivity contribution in [3.05, 3.63) is 29.8 Å². The molecule has 2 rings (SSSR count). The van der Waals surface area contributed by atoms with Crippen LogP contribution in [-0.4, -0.2) is 32.7 Å². The Morgan fingerprint density at radius 1 is 1.28 bits per heavy atom. The molecule has 0 saturated carbocycles. The van der Waals surface area contributed by atoms with Gasteiger partial charge in [-0.3, -0.25) is 0 Å². The minimum atomic E-state index is 0.629. The van der Waals surface area contributed by atoms with E-state index >= 15 is 0 Å². The summed E-state index contributed by atoms with van der Waals surface area (Å²) in [4.78, 5) is 6.71. The fourth-order valence-electron chi connectivity index (χ4n) is 2.03. The Kier molecular flexibility index (Phi) is 3.67. The summed E-state index contributed by atoms with van der Waals surface area (Å²) in [5.74, 6) is 1.80. The summed E-state index contributed by atoms with van der Waals surface area (Å²) in [5.41, 5.74) is 7.78. The van der Waals surface area contributed by atoms with E-state index in [0.717, 1.165) is 28.9 Å². The van der Waals surface area contributed by atoms with Gasteiger partial charge in [0.1, 0.15) is 11.6 Å². The van der Waals surface area contributed by atoms with Crippen LogP contribution in [0.1, 0.15) is 5.56 Å². The SMILES string of the molecule is COc1ccc2cc(CCN)c(N(C)C)nc2c1. The highest BCUT2D eigenvalue weighted by atomic mass is 16.5. The Balaban J connectivity index is 2.60. The maximum absolute atomic E-state index is 5.65. The van der Waals surface area contributed by atoms with E-state index in [9.17, 15) is 0 Å². The molecule has 0 aliphatic carbocycles. The number of hydrogen-bond acceptors (Lipinski definition) is 4. The topological polar surface area (TPSA) is 51.4 Å². The number of nitrogens with two attached hydrogens (primary N) is 1. The lowest BCUT2D eigenvalue weighted by atomic mass is 10.1. The van der Waals surface area contributed by atoms with Gasteiger partial charge in [-0.05, 0) is 36.7 Å². The van der Waals surface area contributed by atoms with Crippen molar-refractivity contribution in [1.29, 1.82) is 0 Å². The van der Waals surface area contributed by atoms with Crippen LogP contribution in [0.3, 0.4) is 0 Å². The number of aromatic nitrogens is 1. The number of nitrogens with zero attached hydrogens (tertiary/aromatic N) is 2. The predicted octanol–water partition coefficient (Wildman–Crippen LogP) is 1.81. The van der Waals surface area contributed by atoms with E-state index in [1.165, 1.54) is 5.56 Å². The van der Waals surface area contributed by atoms with Gasteiger partial charge < -0.3 is 15.4 Å². The third-order valence-corrected chi connectivity index (χ3v) is 2.92. The second kappa shape index (κ2) is 5.23. The molecule has 0 atom stereocenters. The van der Waals surface area contributed by atoms with E-state index < -0.39 is 0 Å². The maximum Gasteiger partial charge on any atom is 0.132 e. The summed E-state index contributed by atoms with van der Waals surface area (Å²) < 4.78 is 5.23. The normalized spacial score (nSPS) is 10.7. The van der Waals surface area contributed by atoms with Gasteiger partial charge in [-0.2, -0.15) is 0 Å². The first kappa shape index (κ1) is 12.6. The molecule has 1 aromatic heterocycles. The van der Waals surface area contributed by atoms with Crippen molar-refractivity contribution in [3.8, 4) is 5.75 Å². The zero-order valence-corrected chi connectivity index (χ0v) is 11.1. The molecule has 1 heterocycles. The van der Waals surface area contributed by atoms with Crippen molar-refractivity contribution < 1.29 is 4.74 Å². The zero-order chi connectivity index (χ0) is 13.1. The first-order valence-electron chi connectivity index (χ1n) is 6.00. The van der Waals surface area contributed by atoms with Crippen LogP contribution in [0.2, 0.25) is 0 Å². The molecule has 96 valence electrons. The highest BCUT2D eigenvalue weighted by Crippen LogP contribution is 2.25. The molecule has 0 bridgehead atoms. The predicted molar refractivity (Wildman–Crippen MR) is 75.4 cm³/mol. The number of hydrogen-bond donors (Lipinski definition) is 1.